The Balaban J connectivity index is 0.929. The molecular weight excluding hydrogens is 1390 g/mol. The van der Waals surface area contributed by atoms with E-state index in [0.717, 1.165) is 54.7 Å². The van der Waals surface area contributed by atoms with Gasteiger partial charge in [0.15, 0.2) is 39.5 Å². The molecule has 2 N–H and O–H groups in total. The second-order valence-electron chi connectivity index (χ2n) is 26.5. The van der Waals surface area contributed by atoms with Crippen molar-refractivity contribution in [2.45, 2.75) is 92.8 Å². The largest absolute Gasteiger partial charge is 0.489 e. The van der Waals surface area contributed by atoms with Gasteiger partial charge in [-0.3, -0.25) is 0 Å². The highest BCUT2D eigenvalue weighted by Gasteiger charge is 2.50. The maximum atomic E-state index is 14.5. The molecule has 16 rings (SSSR count). The highest BCUT2D eigenvalue weighted by molar-refractivity contribution is 8.01. The van der Waals surface area contributed by atoms with Gasteiger partial charge in [-0.2, -0.15) is 0 Å². The van der Waals surface area contributed by atoms with E-state index in [9.17, 15) is 10.2 Å². The first-order valence-electron chi connectivity index (χ1n) is 36.1. The van der Waals surface area contributed by atoms with Crippen molar-refractivity contribution in [2.24, 2.45) is 0 Å². The molecule has 14 aromatic rings. The van der Waals surface area contributed by atoms with Gasteiger partial charge in [0.2, 0.25) is 0 Å². The van der Waals surface area contributed by atoms with Crippen LogP contribution in [-0.4, -0.2) is 27.4 Å². The molecule has 15 heteroatoms. The van der Waals surface area contributed by atoms with Crippen LogP contribution in [0.1, 0.15) is 95.7 Å². The summed E-state index contributed by atoms with van der Waals surface area (Å²) in [4.78, 5) is 5.23. The van der Waals surface area contributed by atoms with Crippen LogP contribution < -0.4 is 47.4 Å². The summed E-state index contributed by atoms with van der Waals surface area (Å²) in [7, 11) is 0. The van der Waals surface area contributed by atoms with Crippen LogP contribution in [0.3, 0.4) is 0 Å². The van der Waals surface area contributed by atoms with E-state index in [-0.39, 0.29) is 52.9 Å². The molecular formula is C93H77NO12S2. The average Bonchev–Trinajstić information content (AvgIpc) is 0.757. The second-order valence-corrected chi connectivity index (χ2v) is 28.9. The number of hydrogen-bond acceptors (Lipinski definition) is 15. The van der Waals surface area contributed by atoms with Crippen molar-refractivity contribution in [2.75, 3.05) is 0 Å². The Kier molecular flexibility index (Phi) is 21.9. The summed E-state index contributed by atoms with van der Waals surface area (Å²) in [6, 6.07) is 105. The van der Waals surface area contributed by atoms with E-state index in [4.69, 9.17) is 52.4 Å². The van der Waals surface area contributed by atoms with Gasteiger partial charge in [0.25, 0.3) is 0 Å². The first-order valence-corrected chi connectivity index (χ1v) is 37.8. The fourth-order valence-corrected chi connectivity index (χ4v) is 16.0. The summed E-state index contributed by atoms with van der Waals surface area (Å²) >= 11 is 2.95. The second kappa shape index (κ2) is 33.6. The van der Waals surface area contributed by atoms with Crippen LogP contribution in [0, 0.1) is 0 Å². The molecule has 538 valence electrons. The Labute approximate surface area is 636 Å². The molecule has 0 fully saturated rings. The van der Waals surface area contributed by atoms with Gasteiger partial charge in [0, 0.05) is 29.3 Å². The van der Waals surface area contributed by atoms with E-state index in [1.807, 2.05) is 315 Å². The summed E-state index contributed by atoms with van der Waals surface area (Å²) in [5, 5.41) is 27.5. The third kappa shape index (κ3) is 16.7. The Hall–Kier alpha value is -12.0. The van der Waals surface area contributed by atoms with Gasteiger partial charge < -0.3 is 57.6 Å². The van der Waals surface area contributed by atoms with Gasteiger partial charge in [-0.1, -0.05) is 279 Å². The molecule has 3 heterocycles. The minimum atomic E-state index is -1.49. The van der Waals surface area contributed by atoms with Crippen LogP contribution >= 0.6 is 23.1 Å². The van der Waals surface area contributed by atoms with E-state index in [2.05, 4.69) is 6.07 Å². The molecule has 108 heavy (non-hydrogen) atoms. The SMILES string of the molecule is O[C@@H]1[C@@H](c2c(OCc3ccccc3)cc(OCc3ccccc3)c3c2O[C@H](c2ccc(OCc4ccccc4)c(OCc4ccccc4)c2)[C@H](O)C3Sc2nc3ccccc3s2)c2c(OCc3ccccc3)cc(OCc3ccccc3)cc2O[C@@H]1c1ccc(OCc2ccccc2)c(OCc2ccccc2)c1. The van der Waals surface area contributed by atoms with E-state index >= 15 is 0 Å². The number of aliphatic hydroxyl groups is 2. The lowest BCUT2D eigenvalue weighted by molar-refractivity contribution is -0.0000364. The van der Waals surface area contributed by atoms with Gasteiger partial charge in [0.1, 0.15) is 99.6 Å². The highest BCUT2D eigenvalue weighted by Crippen LogP contribution is 2.62. The first kappa shape index (κ1) is 70.3. The van der Waals surface area contributed by atoms with Crippen molar-refractivity contribution in [3.63, 3.8) is 0 Å². The molecule has 0 bridgehead atoms. The molecule has 2 aliphatic rings. The van der Waals surface area contributed by atoms with Gasteiger partial charge in [-0.15, -0.1) is 11.3 Å². The van der Waals surface area contributed by atoms with Crippen molar-refractivity contribution in [1.29, 1.82) is 0 Å². The summed E-state index contributed by atoms with van der Waals surface area (Å²) in [5.41, 5.74) is 10.8. The number of benzene rings is 13. The Morgan fingerprint density at radius 3 is 1.08 bits per heavy atom. The normalized spacial score (nSPS) is 16.4. The quantitative estimate of drug-likeness (QED) is 0.0458. The predicted molar refractivity (Wildman–Crippen MR) is 421 cm³/mol. The topological polar surface area (TPSA) is 146 Å². The number of thiazole rings is 1. The molecule has 2 aliphatic heterocycles. The lowest BCUT2D eigenvalue weighted by Gasteiger charge is -2.43. The lowest BCUT2D eigenvalue weighted by atomic mass is 9.77. The molecule has 0 saturated carbocycles. The van der Waals surface area contributed by atoms with E-state index in [1.165, 1.54) is 23.1 Å². The zero-order valence-electron chi connectivity index (χ0n) is 59.0. The van der Waals surface area contributed by atoms with Crippen molar-refractivity contribution >= 4 is 33.3 Å². The van der Waals surface area contributed by atoms with E-state index in [1.54, 1.807) is 0 Å². The molecule has 1 aromatic heterocycles. The van der Waals surface area contributed by atoms with Crippen LogP contribution in [0.2, 0.25) is 0 Å². The maximum absolute atomic E-state index is 14.5. The van der Waals surface area contributed by atoms with Crippen LogP contribution in [0.25, 0.3) is 10.2 Å². The molecule has 13 aromatic carbocycles. The van der Waals surface area contributed by atoms with Crippen molar-refractivity contribution in [3.05, 3.63) is 394 Å². The minimum absolute atomic E-state index is 0.0824. The average molecular weight is 1460 g/mol. The standard InChI is InChI=1S/C93H77NO12S2/c95-87-86(83-78(102-59-67-37-19-6-20-38-67)51-72(97-54-62-27-9-1-10-28-62)52-81(83)105-89(87)70-45-47-74(98-55-63-29-11-2-12-30-63)76(49-70)100-57-65-33-15-4-16-34-65)84-79(103-60-68-39-21-7-22-40-68)53-80(104-61-69-41-23-8-24-42-69)85-91(84)106-90(88(96)92(85)108-93-94-73-43-25-26-44-82(73)107-93)71-46-48-75(99-56-64-31-13-3-14-32-64)77(50-71)101-58-66-35-17-5-18-36-66/h1-53,86-90,92,95-96H,54-61H2/t86-,87-,88+,89-,90-,92?/m1/s1. The maximum Gasteiger partial charge on any atom is 0.162 e. The monoisotopic (exact) mass is 1460 g/mol. The predicted octanol–water partition coefficient (Wildman–Crippen LogP) is 20.9. The third-order valence-electron chi connectivity index (χ3n) is 19.0. The minimum Gasteiger partial charge on any atom is -0.489 e. The summed E-state index contributed by atoms with van der Waals surface area (Å²) in [6.07, 6.45) is -5.12. The van der Waals surface area contributed by atoms with Crippen molar-refractivity contribution < 1.29 is 57.6 Å². The Morgan fingerprint density at radius 1 is 0.315 bits per heavy atom. The lowest BCUT2D eigenvalue weighted by Crippen LogP contribution is -2.38. The van der Waals surface area contributed by atoms with E-state index in [0.29, 0.717) is 89.7 Å². The summed E-state index contributed by atoms with van der Waals surface area (Å²) in [5.74, 6) is 2.85. The highest BCUT2D eigenvalue weighted by atomic mass is 32.2. The fourth-order valence-electron chi connectivity index (χ4n) is 13.6. The molecule has 6 atom stereocenters. The Morgan fingerprint density at radius 2 is 0.667 bits per heavy atom. The smallest absolute Gasteiger partial charge is 0.162 e. The van der Waals surface area contributed by atoms with Gasteiger partial charge >= 0.3 is 0 Å². The molecule has 1 unspecified atom stereocenters. The van der Waals surface area contributed by atoms with Crippen molar-refractivity contribution in [3.8, 4) is 57.5 Å². The molecule has 13 nitrogen and oxygen atoms in total. The third-order valence-corrected chi connectivity index (χ3v) is 21.5. The molecule has 0 radical (unpaired) electrons. The van der Waals surface area contributed by atoms with Gasteiger partial charge in [-0.05, 0) is 92.0 Å². The van der Waals surface area contributed by atoms with Crippen LogP contribution in [0.5, 0.6) is 57.5 Å². The Bertz CT molecular complexity index is 5250. The molecule has 0 aliphatic carbocycles. The van der Waals surface area contributed by atoms with Gasteiger partial charge in [0.05, 0.1) is 26.9 Å². The van der Waals surface area contributed by atoms with Crippen LogP contribution in [0.4, 0.5) is 0 Å². The number of para-hydroxylation sites is 1. The van der Waals surface area contributed by atoms with Crippen LogP contribution in [-0.2, 0) is 52.9 Å². The number of aliphatic hydroxyl groups excluding tert-OH is 2. The number of thioether (sulfide) groups is 1. The summed E-state index contributed by atoms with van der Waals surface area (Å²) < 4.78 is 72.5. The molecule has 0 spiro atoms. The zero-order chi connectivity index (χ0) is 72.8. The molecule has 0 amide bonds. The van der Waals surface area contributed by atoms with Crippen LogP contribution in [0.15, 0.2) is 326 Å². The first-order chi connectivity index (χ1) is 53.3. The fraction of sp³-hybridized carbons (Fsp3) is 0.151. The number of rotatable bonds is 29. The van der Waals surface area contributed by atoms with Crippen molar-refractivity contribution in [1.82, 2.24) is 4.98 Å². The number of fused-ring (bicyclic) bond motifs is 3. The number of hydrogen-bond donors (Lipinski definition) is 2. The van der Waals surface area contributed by atoms with E-state index < -0.39 is 35.6 Å². The number of nitrogens with zero attached hydrogens (tertiary/aromatic N) is 1. The number of ether oxygens (including phenoxy) is 10. The summed E-state index contributed by atoms with van der Waals surface area (Å²) in [6.45, 7) is 1.52. The van der Waals surface area contributed by atoms with Gasteiger partial charge in [-0.25, -0.2) is 4.98 Å². The number of aromatic nitrogens is 1. The molecule has 0 saturated heterocycles. The zero-order valence-corrected chi connectivity index (χ0v) is 60.6.